The smallest absolute Gasteiger partial charge is 0.251 e. The third kappa shape index (κ3) is 3.13. The van der Waals surface area contributed by atoms with Gasteiger partial charge in [0, 0.05) is 12.6 Å². The number of hydrogen-bond donors (Lipinski definition) is 1. The summed E-state index contributed by atoms with van der Waals surface area (Å²) in [5, 5.41) is 2.63. The Hall–Kier alpha value is -2.29. The fraction of sp³-hybridized carbons (Fsp3) is 0.458. The van der Waals surface area contributed by atoms with Crippen molar-refractivity contribution < 1.29 is 9.53 Å². The van der Waals surface area contributed by atoms with Crippen molar-refractivity contribution in [2.45, 2.75) is 38.0 Å². The van der Waals surface area contributed by atoms with Gasteiger partial charge in [-0.3, -0.25) is 4.79 Å². The average Bonchev–Trinajstić information content (AvgIpc) is 2.68. The summed E-state index contributed by atoms with van der Waals surface area (Å²) in [6.45, 7) is 0. The second kappa shape index (κ2) is 6.70. The van der Waals surface area contributed by atoms with Crippen molar-refractivity contribution in [2.24, 2.45) is 23.7 Å². The van der Waals surface area contributed by atoms with Crippen LogP contribution in [0.25, 0.3) is 0 Å². The van der Waals surface area contributed by atoms with Crippen LogP contribution in [0.5, 0.6) is 11.5 Å². The van der Waals surface area contributed by atoms with Gasteiger partial charge in [-0.05, 0) is 104 Å². The molecule has 1 amide bonds. The summed E-state index contributed by atoms with van der Waals surface area (Å²) in [7, 11) is 1.64. The van der Waals surface area contributed by atoms with E-state index in [1.807, 2.05) is 12.1 Å². The van der Waals surface area contributed by atoms with Gasteiger partial charge >= 0.3 is 0 Å². The summed E-state index contributed by atoms with van der Waals surface area (Å²) in [5.41, 5.74) is 2.15. The molecule has 0 unspecified atom stereocenters. The van der Waals surface area contributed by atoms with Crippen LogP contribution in [0.2, 0.25) is 0 Å². The Balaban J connectivity index is 1.29. The lowest BCUT2D eigenvalue weighted by molar-refractivity contribution is -0.00279. The number of amides is 1. The molecular formula is C24H27NO2. The first-order chi connectivity index (χ1) is 13.2. The Morgan fingerprint density at radius 1 is 0.815 bits per heavy atom. The molecule has 4 aliphatic rings. The minimum Gasteiger partial charge on any atom is -0.457 e. The zero-order chi connectivity index (χ0) is 18.4. The van der Waals surface area contributed by atoms with Gasteiger partial charge in [0.25, 0.3) is 5.91 Å². The molecule has 140 valence electrons. The van der Waals surface area contributed by atoms with Crippen molar-refractivity contribution in [1.82, 2.24) is 5.32 Å². The average molecular weight is 361 g/mol. The SMILES string of the molecule is CNC(=O)c1ccc(Oc2ccc(C3C4CC5CC(C4)CC3C5)cc2)cc1. The van der Waals surface area contributed by atoms with Gasteiger partial charge in [0.2, 0.25) is 0 Å². The molecule has 6 rings (SSSR count). The van der Waals surface area contributed by atoms with Gasteiger partial charge in [0.1, 0.15) is 11.5 Å². The Kier molecular flexibility index (Phi) is 4.18. The Morgan fingerprint density at radius 3 is 1.85 bits per heavy atom. The van der Waals surface area contributed by atoms with Gasteiger partial charge in [-0.25, -0.2) is 0 Å². The molecule has 3 heteroatoms. The summed E-state index contributed by atoms with van der Waals surface area (Å²) >= 11 is 0. The molecule has 2 aromatic rings. The van der Waals surface area contributed by atoms with Gasteiger partial charge < -0.3 is 10.1 Å². The topological polar surface area (TPSA) is 38.3 Å². The molecule has 4 bridgehead atoms. The highest BCUT2D eigenvalue weighted by atomic mass is 16.5. The second-order valence-corrected chi connectivity index (χ2v) is 8.73. The van der Waals surface area contributed by atoms with Crippen LogP contribution in [0.3, 0.4) is 0 Å². The van der Waals surface area contributed by atoms with E-state index in [1.54, 1.807) is 19.2 Å². The summed E-state index contributed by atoms with van der Waals surface area (Å²) in [5.74, 6) is 6.14. The second-order valence-electron chi connectivity index (χ2n) is 8.73. The van der Waals surface area contributed by atoms with Crippen LogP contribution in [0.1, 0.15) is 53.9 Å². The molecule has 4 fully saturated rings. The monoisotopic (exact) mass is 361 g/mol. The lowest BCUT2D eigenvalue weighted by atomic mass is 9.51. The minimum absolute atomic E-state index is 0.0819. The van der Waals surface area contributed by atoms with Crippen LogP contribution in [0.4, 0.5) is 0 Å². The summed E-state index contributed by atoms with van der Waals surface area (Å²) in [6, 6.07) is 16.0. The molecule has 1 N–H and O–H groups in total. The number of rotatable bonds is 4. The van der Waals surface area contributed by atoms with Crippen molar-refractivity contribution in [3.8, 4) is 11.5 Å². The largest absolute Gasteiger partial charge is 0.457 e. The molecule has 3 nitrogen and oxygen atoms in total. The number of ether oxygens (including phenoxy) is 1. The van der Waals surface area contributed by atoms with Gasteiger partial charge in [0.05, 0.1) is 0 Å². The quantitative estimate of drug-likeness (QED) is 0.794. The first kappa shape index (κ1) is 16.9. The van der Waals surface area contributed by atoms with Crippen molar-refractivity contribution in [3.63, 3.8) is 0 Å². The Morgan fingerprint density at radius 2 is 1.33 bits per heavy atom. The normalized spacial score (nSPS) is 30.9. The summed E-state index contributed by atoms with van der Waals surface area (Å²) in [6.07, 6.45) is 7.31. The van der Waals surface area contributed by atoms with Crippen LogP contribution in [-0.4, -0.2) is 13.0 Å². The molecule has 0 aromatic heterocycles. The highest BCUT2D eigenvalue weighted by molar-refractivity contribution is 5.94. The molecule has 0 spiro atoms. The van der Waals surface area contributed by atoms with Crippen LogP contribution in [-0.2, 0) is 0 Å². The van der Waals surface area contributed by atoms with Crippen LogP contribution in [0.15, 0.2) is 48.5 Å². The molecule has 2 aromatic carbocycles. The van der Waals surface area contributed by atoms with E-state index in [0.717, 1.165) is 41.1 Å². The molecule has 4 aliphatic carbocycles. The summed E-state index contributed by atoms with van der Waals surface area (Å²) < 4.78 is 5.98. The molecule has 4 saturated carbocycles. The van der Waals surface area contributed by atoms with Crippen LogP contribution in [0, 0.1) is 23.7 Å². The number of carbonyl (C=O) groups is 1. The molecular weight excluding hydrogens is 334 g/mol. The molecule has 0 heterocycles. The number of benzene rings is 2. The Labute approximate surface area is 161 Å². The lowest BCUT2D eigenvalue weighted by Crippen LogP contribution is -2.43. The first-order valence-electron chi connectivity index (χ1n) is 10.3. The van der Waals surface area contributed by atoms with E-state index < -0.39 is 0 Å². The zero-order valence-corrected chi connectivity index (χ0v) is 15.9. The molecule has 27 heavy (non-hydrogen) atoms. The van der Waals surface area contributed by atoms with E-state index in [0.29, 0.717) is 5.56 Å². The maximum absolute atomic E-state index is 11.6. The van der Waals surface area contributed by atoms with Crippen molar-refractivity contribution >= 4 is 5.91 Å². The van der Waals surface area contributed by atoms with Gasteiger partial charge in [-0.15, -0.1) is 0 Å². The highest BCUT2D eigenvalue weighted by Gasteiger charge is 2.48. The Bertz CT molecular complexity index is 796. The minimum atomic E-state index is -0.0819. The van der Waals surface area contributed by atoms with Gasteiger partial charge in [-0.1, -0.05) is 12.1 Å². The molecule has 0 saturated heterocycles. The van der Waals surface area contributed by atoms with E-state index in [2.05, 4.69) is 29.6 Å². The van der Waals surface area contributed by atoms with Crippen molar-refractivity contribution in [3.05, 3.63) is 59.7 Å². The number of carbonyl (C=O) groups excluding carboxylic acids is 1. The fourth-order valence-corrected chi connectivity index (χ4v) is 6.18. The number of nitrogens with one attached hydrogen (secondary N) is 1. The lowest BCUT2D eigenvalue weighted by Gasteiger charge is -2.54. The predicted molar refractivity (Wildman–Crippen MR) is 106 cm³/mol. The zero-order valence-electron chi connectivity index (χ0n) is 15.9. The van der Waals surface area contributed by atoms with Gasteiger partial charge in [0.15, 0.2) is 0 Å². The van der Waals surface area contributed by atoms with Crippen molar-refractivity contribution in [1.29, 1.82) is 0 Å². The van der Waals surface area contributed by atoms with Gasteiger partial charge in [-0.2, -0.15) is 0 Å². The van der Waals surface area contributed by atoms with E-state index >= 15 is 0 Å². The van der Waals surface area contributed by atoms with E-state index in [-0.39, 0.29) is 5.91 Å². The summed E-state index contributed by atoms with van der Waals surface area (Å²) in [4.78, 5) is 11.6. The number of hydrogen-bond acceptors (Lipinski definition) is 2. The maximum atomic E-state index is 11.6. The van der Waals surface area contributed by atoms with Crippen LogP contribution >= 0.6 is 0 Å². The third-order valence-electron chi connectivity index (χ3n) is 7.07. The predicted octanol–water partition coefficient (Wildman–Crippen LogP) is 5.38. The van der Waals surface area contributed by atoms with Crippen molar-refractivity contribution in [2.75, 3.05) is 7.05 Å². The van der Waals surface area contributed by atoms with E-state index in [4.69, 9.17) is 4.74 Å². The third-order valence-corrected chi connectivity index (χ3v) is 7.07. The maximum Gasteiger partial charge on any atom is 0.251 e. The molecule has 0 aliphatic heterocycles. The van der Waals surface area contributed by atoms with E-state index in [1.165, 1.54) is 37.7 Å². The molecule has 0 atom stereocenters. The van der Waals surface area contributed by atoms with Crippen LogP contribution < -0.4 is 10.1 Å². The molecule has 0 radical (unpaired) electrons. The standard InChI is InChI=1S/C24H27NO2/c1-25-24(26)18-4-8-22(9-5-18)27-21-6-2-17(3-7-21)23-19-11-15-10-16(13-19)14-20(23)12-15/h2-9,15-16,19-20,23H,10-14H2,1H3,(H,25,26). The highest BCUT2D eigenvalue weighted by Crippen LogP contribution is 2.59. The fourth-order valence-electron chi connectivity index (χ4n) is 6.18. The van der Waals surface area contributed by atoms with E-state index in [9.17, 15) is 4.79 Å². The first-order valence-corrected chi connectivity index (χ1v) is 10.3.